The van der Waals surface area contributed by atoms with Crippen molar-refractivity contribution in [1.82, 2.24) is 5.32 Å². The van der Waals surface area contributed by atoms with Crippen LogP contribution in [0.1, 0.15) is 30.5 Å². The summed E-state index contributed by atoms with van der Waals surface area (Å²) in [5.41, 5.74) is 1.70. The van der Waals surface area contributed by atoms with E-state index in [1.807, 2.05) is 30.3 Å². The monoisotopic (exact) mass is 369 g/mol. The maximum Gasteiger partial charge on any atom is 0.127 e. The van der Waals surface area contributed by atoms with Crippen LogP contribution in [0.3, 0.4) is 0 Å². The average molecular weight is 371 g/mol. The van der Waals surface area contributed by atoms with Gasteiger partial charge >= 0.3 is 0 Å². The van der Waals surface area contributed by atoms with E-state index in [1.54, 1.807) is 6.07 Å². The van der Waals surface area contributed by atoms with E-state index in [2.05, 4.69) is 28.2 Å². The third-order valence-corrected chi connectivity index (χ3v) is 4.21. The van der Waals surface area contributed by atoms with Crippen LogP contribution < -0.4 is 5.32 Å². The summed E-state index contributed by atoms with van der Waals surface area (Å²) in [7, 11) is 0. The molecule has 0 aliphatic carbocycles. The number of nitrogens with one attached hydrogen (secondary N) is 1. The summed E-state index contributed by atoms with van der Waals surface area (Å²) in [6, 6.07) is 12.6. The van der Waals surface area contributed by atoms with Gasteiger partial charge in [-0.05, 0) is 43.1 Å². The highest BCUT2D eigenvalue weighted by Crippen LogP contribution is 2.27. The smallest absolute Gasteiger partial charge is 0.127 e. The van der Waals surface area contributed by atoms with Crippen LogP contribution in [-0.4, -0.2) is 6.54 Å². The van der Waals surface area contributed by atoms with Crippen LogP contribution in [0.2, 0.25) is 5.02 Å². The Morgan fingerprint density at radius 3 is 2.67 bits per heavy atom. The fourth-order valence-corrected chi connectivity index (χ4v) is 3.03. The van der Waals surface area contributed by atoms with E-state index in [4.69, 9.17) is 11.6 Å². The molecule has 0 radical (unpaired) electrons. The summed E-state index contributed by atoms with van der Waals surface area (Å²) in [5.74, 6) is -0.181. The van der Waals surface area contributed by atoms with Crippen LogP contribution in [0.15, 0.2) is 46.9 Å². The second-order valence-electron chi connectivity index (χ2n) is 4.97. The van der Waals surface area contributed by atoms with Gasteiger partial charge in [-0.1, -0.05) is 58.7 Å². The number of hydrogen-bond acceptors (Lipinski definition) is 1. The highest BCUT2D eigenvalue weighted by atomic mass is 79.9. The van der Waals surface area contributed by atoms with Crippen molar-refractivity contribution in [3.05, 3.63) is 68.9 Å². The van der Waals surface area contributed by atoms with Crippen LogP contribution in [-0.2, 0) is 6.42 Å². The Hall–Kier alpha value is -0.900. The minimum atomic E-state index is -0.181. The minimum Gasteiger partial charge on any atom is -0.310 e. The Morgan fingerprint density at radius 2 is 2.00 bits per heavy atom. The molecule has 2 aromatic carbocycles. The molecule has 0 bridgehead atoms. The van der Waals surface area contributed by atoms with Crippen LogP contribution in [0.5, 0.6) is 0 Å². The summed E-state index contributed by atoms with van der Waals surface area (Å²) in [4.78, 5) is 0. The summed E-state index contributed by atoms with van der Waals surface area (Å²) in [6.07, 6.45) is 1.66. The van der Waals surface area contributed by atoms with Crippen LogP contribution >= 0.6 is 27.5 Å². The van der Waals surface area contributed by atoms with Crippen LogP contribution in [0.4, 0.5) is 4.39 Å². The molecule has 0 heterocycles. The fraction of sp³-hybridized carbons (Fsp3) is 0.294. The Labute approximate surface area is 138 Å². The van der Waals surface area contributed by atoms with E-state index in [0.717, 1.165) is 23.0 Å². The Kier molecular flexibility index (Phi) is 6.22. The fourth-order valence-electron chi connectivity index (χ4n) is 2.28. The molecule has 1 atom stereocenters. The summed E-state index contributed by atoms with van der Waals surface area (Å²) < 4.78 is 15.0. The SMILES string of the molecule is CCCNC(Cc1ccc(Br)cc1Cl)c1ccccc1F. The van der Waals surface area contributed by atoms with E-state index in [1.165, 1.54) is 6.07 Å². The van der Waals surface area contributed by atoms with Crippen LogP contribution in [0.25, 0.3) is 0 Å². The lowest BCUT2D eigenvalue weighted by Gasteiger charge is -2.20. The normalized spacial score (nSPS) is 12.4. The third-order valence-electron chi connectivity index (χ3n) is 3.36. The highest BCUT2D eigenvalue weighted by Gasteiger charge is 2.16. The standard InChI is InChI=1S/C17H18BrClFN/c1-2-9-21-17(14-5-3-4-6-16(14)20)10-12-7-8-13(18)11-15(12)19/h3-8,11,17,21H,2,9-10H2,1H3. The number of halogens is 3. The lowest BCUT2D eigenvalue weighted by atomic mass is 9.98. The zero-order valence-corrected chi connectivity index (χ0v) is 14.2. The molecule has 0 saturated heterocycles. The van der Waals surface area contributed by atoms with Gasteiger partial charge in [-0.25, -0.2) is 4.39 Å². The van der Waals surface area contributed by atoms with Gasteiger partial charge in [0.15, 0.2) is 0 Å². The largest absolute Gasteiger partial charge is 0.310 e. The lowest BCUT2D eigenvalue weighted by molar-refractivity contribution is 0.497. The van der Waals surface area contributed by atoms with Crippen molar-refractivity contribution >= 4 is 27.5 Å². The zero-order valence-electron chi connectivity index (χ0n) is 11.9. The highest BCUT2D eigenvalue weighted by molar-refractivity contribution is 9.10. The van der Waals surface area contributed by atoms with Gasteiger partial charge in [-0.2, -0.15) is 0 Å². The van der Waals surface area contributed by atoms with E-state index in [-0.39, 0.29) is 11.9 Å². The molecule has 112 valence electrons. The minimum absolute atomic E-state index is 0.0789. The molecule has 4 heteroatoms. The Morgan fingerprint density at radius 1 is 1.24 bits per heavy atom. The van der Waals surface area contributed by atoms with Crippen molar-refractivity contribution in [2.45, 2.75) is 25.8 Å². The van der Waals surface area contributed by atoms with Crippen molar-refractivity contribution in [1.29, 1.82) is 0 Å². The molecule has 0 aromatic heterocycles. The molecule has 0 aliphatic heterocycles. The maximum atomic E-state index is 14.1. The third kappa shape index (κ3) is 4.53. The number of hydrogen-bond donors (Lipinski definition) is 1. The van der Waals surface area contributed by atoms with Gasteiger partial charge in [0.05, 0.1) is 0 Å². The van der Waals surface area contributed by atoms with Gasteiger partial charge in [0.25, 0.3) is 0 Å². The first kappa shape index (κ1) is 16.5. The molecule has 0 amide bonds. The first-order valence-corrected chi connectivity index (χ1v) is 8.20. The van der Waals surface area contributed by atoms with Crippen molar-refractivity contribution in [3.63, 3.8) is 0 Å². The molecule has 1 N–H and O–H groups in total. The second kappa shape index (κ2) is 7.92. The molecule has 1 unspecified atom stereocenters. The molecule has 2 aromatic rings. The molecular weight excluding hydrogens is 353 g/mol. The van der Waals surface area contributed by atoms with Gasteiger partial charge in [0, 0.05) is 21.1 Å². The number of rotatable bonds is 6. The van der Waals surface area contributed by atoms with E-state index in [0.29, 0.717) is 17.0 Å². The van der Waals surface area contributed by atoms with E-state index >= 15 is 0 Å². The van der Waals surface area contributed by atoms with E-state index < -0.39 is 0 Å². The first-order valence-electron chi connectivity index (χ1n) is 7.03. The van der Waals surface area contributed by atoms with Gasteiger partial charge in [-0.3, -0.25) is 0 Å². The molecule has 0 spiro atoms. The topological polar surface area (TPSA) is 12.0 Å². The predicted molar refractivity (Wildman–Crippen MR) is 90.3 cm³/mol. The summed E-state index contributed by atoms with van der Waals surface area (Å²) in [5, 5.41) is 4.10. The predicted octanol–water partition coefficient (Wildman–Crippen LogP) is 5.53. The average Bonchev–Trinajstić information content (AvgIpc) is 2.46. The quantitative estimate of drug-likeness (QED) is 0.705. The molecule has 0 fully saturated rings. The second-order valence-corrected chi connectivity index (χ2v) is 6.29. The molecule has 1 nitrogen and oxygen atoms in total. The summed E-state index contributed by atoms with van der Waals surface area (Å²) in [6.45, 7) is 2.94. The van der Waals surface area contributed by atoms with Crippen molar-refractivity contribution in [2.75, 3.05) is 6.54 Å². The molecule has 0 saturated carbocycles. The molecule has 21 heavy (non-hydrogen) atoms. The first-order chi connectivity index (χ1) is 10.1. The van der Waals surface area contributed by atoms with Crippen molar-refractivity contribution in [3.8, 4) is 0 Å². The molecule has 0 aliphatic rings. The molecular formula is C17H18BrClFN. The molecule has 2 rings (SSSR count). The van der Waals surface area contributed by atoms with E-state index in [9.17, 15) is 4.39 Å². The maximum absolute atomic E-state index is 14.1. The van der Waals surface area contributed by atoms with Crippen molar-refractivity contribution < 1.29 is 4.39 Å². The van der Waals surface area contributed by atoms with Crippen molar-refractivity contribution in [2.24, 2.45) is 0 Å². The lowest BCUT2D eigenvalue weighted by Crippen LogP contribution is -2.25. The van der Waals surface area contributed by atoms with Gasteiger partial charge < -0.3 is 5.32 Å². The van der Waals surface area contributed by atoms with Crippen LogP contribution in [0, 0.1) is 5.82 Å². The summed E-state index contributed by atoms with van der Waals surface area (Å²) >= 11 is 9.68. The Balaban J connectivity index is 2.26. The van der Waals surface area contributed by atoms with Gasteiger partial charge in [0.2, 0.25) is 0 Å². The van der Waals surface area contributed by atoms with Gasteiger partial charge in [-0.15, -0.1) is 0 Å². The van der Waals surface area contributed by atoms with Gasteiger partial charge in [0.1, 0.15) is 5.82 Å². The zero-order chi connectivity index (χ0) is 15.2. The Bertz CT molecular complexity index is 603. The number of benzene rings is 2.